The summed E-state index contributed by atoms with van der Waals surface area (Å²) in [5, 5.41) is 12.9. The molecule has 1 saturated carbocycles. The van der Waals surface area contributed by atoms with Crippen LogP contribution in [-0.2, 0) is 11.3 Å². The van der Waals surface area contributed by atoms with E-state index in [1.807, 2.05) is 6.07 Å². The van der Waals surface area contributed by atoms with Crippen molar-refractivity contribution in [2.75, 3.05) is 0 Å². The molecule has 5 heteroatoms. The molecule has 1 aliphatic carbocycles. The van der Waals surface area contributed by atoms with Gasteiger partial charge in [-0.2, -0.15) is 5.26 Å². The molecule has 20 heavy (non-hydrogen) atoms. The summed E-state index contributed by atoms with van der Waals surface area (Å²) in [4.78, 5) is 3.93. The second kappa shape index (κ2) is 4.85. The second-order valence-electron chi connectivity index (χ2n) is 7.03. The van der Waals surface area contributed by atoms with Gasteiger partial charge < -0.3 is 4.74 Å². The summed E-state index contributed by atoms with van der Waals surface area (Å²) in [6.07, 6.45) is 8.94. The van der Waals surface area contributed by atoms with Crippen LogP contribution in [0.1, 0.15) is 58.2 Å². The van der Waals surface area contributed by atoms with Gasteiger partial charge in [0.15, 0.2) is 0 Å². The van der Waals surface area contributed by atoms with Crippen molar-refractivity contribution in [2.24, 2.45) is 5.41 Å². The summed E-state index contributed by atoms with van der Waals surface area (Å²) in [7, 11) is 0. The van der Waals surface area contributed by atoms with E-state index in [9.17, 15) is 0 Å². The van der Waals surface area contributed by atoms with Crippen molar-refractivity contribution < 1.29 is 4.74 Å². The molecule has 0 aromatic carbocycles. The molecular weight excluding hydrogens is 252 g/mol. The maximum Gasteiger partial charge on any atom is 0.252 e. The van der Waals surface area contributed by atoms with Gasteiger partial charge >= 0.3 is 0 Å². The lowest BCUT2D eigenvalue weighted by Gasteiger charge is -2.41. The monoisotopic (exact) mass is 274 g/mol. The predicted octanol–water partition coefficient (Wildman–Crippen LogP) is 2.67. The molecule has 0 amide bonds. The van der Waals surface area contributed by atoms with Gasteiger partial charge in [0, 0.05) is 0 Å². The molecule has 0 bridgehead atoms. The molecule has 1 aromatic rings. The molecule has 2 aliphatic rings. The standard InChI is InChI=1S/C15H22N4O/c1-14(2)5-7-15(8-6-14)4-3-12(20-15)10-19-11-17-13(9-16)18-19/h11-12H,3-8,10H2,1-2H3. The molecule has 1 aliphatic heterocycles. The molecular formula is C15H22N4O. The average molecular weight is 274 g/mol. The van der Waals surface area contributed by atoms with Crippen LogP contribution in [0.25, 0.3) is 0 Å². The van der Waals surface area contributed by atoms with Crippen LogP contribution in [0.4, 0.5) is 0 Å². The Bertz CT molecular complexity index is 518. The molecule has 108 valence electrons. The minimum Gasteiger partial charge on any atom is -0.370 e. The van der Waals surface area contributed by atoms with Crippen molar-refractivity contribution in [3.8, 4) is 6.07 Å². The lowest BCUT2D eigenvalue weighted by molar-refractivity contribution is -0.0850. The summed E-state index contributed by atoms with van der Waals surface area (Å²) in [6, 6.07) is 1.95. The summed E-state index contributed by atoms with van der Waals surface area (Å²) >= 11 is 0. The topological polar surface area (TPSA) is 63.7 Å². The van der Waals surface area contributed by atoms with Crippen molar-refractivity contribution >= 4 is 0 Å². The zero-order valence-electron chi connectivity index (χ0n) is 12.3. The first-order chi connectivity index (χ1) is 9.50. The number of nitriles is 1. The third-order valence-corrected chi connectivity index (χ3v) is 4.88. The molecule has 1 atom stereocenters. The first-order valence-electron chi connectivity index (χ1n) is 7.48. The van der Waals surface area contributed by atoms with Crippen LogP contribution in [0.3, 0.4) is 0 Å². The fourth-order valence-corrected chi connectivity index (χ4v) is 3.42. The molecule has 1 spiro atoms. The third kappa shape index (κ3) is 2.71. The number of aromatic nitrogens is 3. The maximum atomic E-state index is 8.74. The molecule has 0 N–H and O–H groups in total. The molecule has 3 rings (SSSR count). The van der Waals surface area contributed by atoms with Gasteiger partial charge in [0.1, 0.15) is 12.4 Å². The Hall–Kier alpha value is -1.41. The van der Waals surface area contributed by atoms with Crippen molar-refractivity contribution in [3.63, 3.8) is 0 Å². The van der Waals surface area contributed by atoms with Gasteiger partial charge in [-0.05, 0) is 43.9 Å². The summed E-state index contributed by atoms with van der Waals surface area (Å²) < 4.78 is 8.09. The first-order valence-corrected chi connectivity index (χ1v) is 7.48. The molecule has 1 unspecified atom stereocenters. The van der Waals surface area contributed by atoms with Crippen LogP contribution in [0.2, 0.25) is 0 Å². The molecule has 1 saturated heterocycles. The van der Waals surface area contributed by atoms with Crippen molar-refractivity contribution in [1.29, 1.82) is 5.26 Å². The van der Waals surface area contributed by atoms with Gasteiger partial charge in [0.2, 0.25) is 0 Å². The van der Waals surface area contributed by atoms with E-state index in [1.54, 1.807) is 11.0 Å². The van der Waals surface area contributed by atoms with E-state index in [0.29, 0.717) is 12.0 Å². The first kappa shape index (κ1) is 13.6. The molecule has 2 fully saturated rings. The number of rotatable bonds is 2. The molecule has 2 heterocycles. The number of hydrogen-bond acceptors (Lipinski definition) is 4. The zero-order valence-corrected chi connectivity index (χ0v) is 12.3. The number of ether oxygens (including phenoxy) is 1. The highest BCUT2D eigenvalue weighted by atomic mass is 16.5. The van der Waals surface area contributed by atoms with Gasteiger partial charge in [0.05, 0.1) is 18.2 Å². The van der Waals surface area contributed by atoms with E-state index in [-0.39, 0.29) is 17.5 Å². The van der Waals surface area contributed by atoms with Crippen LogP contribution < -0.4 is 0 Å². The van der Waals surface area contributed by atoms with E-state index in [2.05, 4.69) is 23.9 Å². The van der Waals surface area contributed by atoms with Crippen LogP contribution >= 0.6 is 0 Å². The summed E-state index contributed by atoms with van der Waals surface area (Å²) in [6.45, 7) is 5.41. The smallest absolute Gasteiger partial charge is 0.252 e. The van der Waals surface area contributed by atoms with Gasteiger partial charge in [0.25, 0.3) is 5.82 Å². The summed E-state index contributed by atoms with van der Waals surface area (Å²) in [5.41, 5.74) is 0.582. The van der Waals surface area contributed by atoms with E-state index in [1.165, 1.54) is 25.7 Å². The van der Waals surface area contributed by atoms with E-state index >= 15 is 0 Å². The lowest BCUT2D eigenvalue weighted by atomic mass is 9.70. The second-order valence-corrected chi connectivity index (χ2v) is 7.03. The van der Waals surface area contributed by atoms with E-state index < -0.39 is 0 Å². The predicted molar refractivity (Wildman–Crippen MR) is 73.8 cm³/mol. The van der Waals surface area contributed by atoms with Gasteiger partial charge in [-0.15, -0.1) is 5.10 Å². The van der Waals surface area contributed by atoms with Gasteiger partial charge in [-0.1, -0.05) is 13.8 Å². The Balaban J connectivity index is 1.58. The third-order valence-electron chi connectivity index (χ3n) is 4.88. The minimum absolute atomic E-state index is 0.110. The zero-order chi connectivity index (χ0) is 14.2. The molecule has 1 aromatic heterocycles. The maximum absolute atomic E-state index is 8.74. The lowest BCUT2D eigenvalue weighted by Crippen LogP contribution is -2.37. The Morgan fingerprint density at radius 3 is 2.75 bits per heavy atom. The largest absolute Gasteiger partial charge is 0.370 e. The normalized spacial score (nSPS) is 27.6. The van der Waals surface area contributed by atoms with Crippen LogP contribution in [0, 0.1) is 16.7 Å². The quantitative estimate of drug-likeness (QED) is 0.831. The number of nitrogens with zero attached hydrogens (tertiary/aromatic N) is 4. The fraction of sp³-hybridized carbons (Fsp3) is 0.800. The Morgan fingerprint density at radius 1 is 1.35 bits per heavy atom. The summed E-state index contributed by atoms with van der Waals surface area (Å²) in [5.74, 6) is 0.233. The SMILES string of the molecule is CC1(C)CCC2(CCC(Cn3cnc(C#N)n3)O2)CC1. The van der Waals surface area contributed by atoms with E-state index in [4.69, 9.17) is 10.00 Å². The van der Waals surface area contributed by atoms with Gasteiger partial charge in [-0.25, -0.2) is 9.67 Å². The van der Waals surface area contributed by atoms with Gasteiger partial charge in [-0.3, -0.25) is 0 Å². The Kier molecular flexibility index (Phi) is 3.29. The van der Waals surface area contributed by atoms with Crippen molar-refractivity contribution in [1.82, 2.24) is 14.8 Å². The fourth-order valence-electron chi connectivity index (χ4n) is 3.42. The van der Waals surface area contributed by atoms with Crippen LogP contribution in [0.5, 0.6) is 0 Å². The highest BCUT2D eigenvalue weighted by Gasteiger charge is 2.44. The van der Waals surface area contributed by atoms with Crippen LogP contribution in [-0.4, -0.2) is 26.5 Å². The number of hydrogen-bond donors (Lipinski definition) is 0. The van der Waals surface area contributed by atoms with Crippen molar-refractivity contribution in [3.05, 3.63) is 12.2 Å². The Labute approximate surface area is 119 Å². The minimum atomic E-state index is 0.110. The van der Waals surface area contributed by atoms with E-state index in [0.717, 1.165) is 12.8 Å². The molecule has 5 nitrogen and oxygen atoms in total. The van der Waals surface area contributed by atoms with Crippen molar-refractivity contribution in [2.45, 2.75) is 70.6 Å². The highest BCUT2D eigenvalue weighted by molar-refractivity contribution is 5.05. The average Bonchev–Trinajstić information content (AvgIpc) is 3.02. The van der Waals surface area contributed by atoms with Crippen LogP contribution in [0.15, 0.2) is 6.33 Å². The molecule has 0 radical (unpaired) electrons. The Morgan fingerprint density at radius 2 is 2.10 bits per heavy atom. The highest BCUT2D eigenvalue weighted by Crippen LogP contribution is 2.47.